The molecule has 0 saturated heterocycles. The standard InChI is InChI=1S/C23H28N2OS/c1-5-24(6-2)23(26)15-25-14-22(20-9-7-8-10-21(20)25)27-16-19-13-17(3)11-12-18(19)4/h7-14H,5-6,15-16H2,1-4H3. The Labute approximate surface area is 166 Å². The summed E-state index contributed by atoms with van der Waals surface area (Å²) in [5.74, 6) is 1.11. The van der Waals surface area contributed by atoms with E-state index < -0.39 is 0 Å². The zero-order valence-corrected chi connectivity index (χ0v) is 17.5. The first-order chi connectivity index (χ1) is 13.0. The Kier molecular flexibility index (Phi) is 6.27. The SMILES string of the molecule is CCN(CC)C(=O)Cn1cc(SCc2cc(C)ccc2C)c2ccccc21. The maximum atomic E-state index is 12.6. The van der Waals surface area contributed by atoms with Crippen molar-refractivity contribution in [1.82, 2.24) is 9.47 Å². The van der Waals surface area contributed by atoms with Gasteiger partial charge in [-0.25, -0.2) is 0 Å². The highest BCUT2D eigenvalue weighted by Gasteiger charge is 2.14. The lowest BCUT2D eigenvalue weighted by atomic mass is 10.1. The van der Waals surface area contributed by atoms with Crippen LogP contribution in [0.5, 0.6) is 0 Å². The molecule has 1 amide bonds. The Morgan fingerprint density at radius 1 is 1.07 bits per heavy atom. The Hall–Kier alpha value is -2.20. The lowest BCUT2D eigenvalue weighted by molar-refractivity contribution is -0.131. The normalized spacial score (nSPS) is 11.1. The van der Waals surface area contributed by atoms with Gasteiger partial charge in [0.15, 0.2) is 0 Å². The Balaban J connectivity index is 1.86. The van der Waals surface area contributed by atoms with E-state index in [0.717, 1.165) is 24.4 Å². The lowest BCUT2D eigenvalue weighted by Gasteiger charge is -2.19. The van der Waals surface area contributed by atoms with Crippen LogP contribution in [0.4, 0.5) is 0 Å². The summed E-state index contributed by atoms with van der Waals surface area (Å²) >= 11 is 1.85. The molecule has 0 N–H and O–H groups in total. The molecular formula is C23H28N2OS. The number of carbonyl (C=O) groups is 1. The Morgan fingerprint density at radius 2 is 1.81 bits per heavy atom. The molecule has 0 fully saturated rings. The van der Waals surface area contributed by atoms with Crippen LogP contribution in [0.2, 0.25) is 0 Å². The third-order valence-corrected chi connectivity index (χ3v) is 6.15. The minimum Gasteiger partial charge on any atom is -0.342 e. The van der Waals surface area contributed by atoms with Crippen LogP contribution in [0.25, 0.3) is 10.9 Å². The van der Waals surface area contributed by atoms with Gasteiger partial charge in [0, 0.05) is 40.8 Å². The molecule has 0 aliphatic heterocycles. The fourth-order valence-corrected chi connectivity index (χ4v) is 4.54. The van der Waals surface area contributed by atoms with Crippen LogP contribution in [0.1, 0.15) is 30.5 Å². The smallest absolute Gasteiger partial charge is 0.242 e. The zero-order chi connectivity index (χ0) is 19.4. The molecule has 3 nitrogen and oxygen atoms in total. The second-order valence-corrected chi connectivity index (χ2v) is 7.94. The van der Waals surface area contributed by atoms with E-state index in [4.69, 9.17) is 0 Å². The van der Waals surface area contributed by atoms with E-state index in [1.54, 1.807) is 0 Å². The summed E-state index contributed by atoms with van der Waals surface area (Å²) < 4.78 is 2.10. The number of hydrogen-bond acceptors (Lipinski definition) is 2. The van der Waals surface area contributed by atoms with Crippen molar-refractivity contribution in [3.05, 3.63) is 65.4 Å². The minimum atomic E-state index is 0.173. The zero-order valence-electron chi connectivity index (χ0n) is 16.7. The molecule has 0 aliphatic carbocycles. The van der Waals surface area contributed by atoms with Gasteiger partial charge in [0.1, 0.15) is 6.54 Å². The summed E-state index contributed by atoms with van der Waals surface area (Å²) in [6, 6.07) is 15.0. The quantitative estimate of drug-likeness (QED) is 0.511. The van der Waals surface area contributed by atoms with Gasteiger partial charge >= 0.3 is 0 Å². The van der Waals surface area contributed by atoms with Gasteiger partial charge in [-0.2, -0.15) is 0 Å². The fraction of sp³-hybridized carbons (Fsp3) is 0.348. The number of amides is 1. The number of aryl methyl sites for hydroxylation is 2. The fourth-order valence-electron chi connectivity index (χ4n) is 3.39. The van der Waals surface area contributed by atoms with Crippen molar-refractivity contribution >= 4 is 28.6 Å². The number of fused-ring (bicyclic) bond motifs is 1. The molecule has 0 bridgehead atoms. The summed E-state index contributed by atoms with van der Waals surface area (Å²) in [5.41, 5.74) is 5.12. The van der Waals surface area contributed by atoms with Gasteiger partial charge < -0.3 is 9.47 Å². The minimum absolute atomic E-state index is 0.173. The molecule has 142 valence electrons. The van der Waals surface area contributed by atoms with E-state index in [-0.39, 0.29) is 5.91 Å². The van der Waals surface area contributed by atoms with Gasteiger partial charge in [-0.3, -0.25) is 4.79 Å². The van der Waals surface area contributed by atoms with E-state index in [9.17, 15) is 4.79 Å². The van der Waals surface area contributed by atoms with E-state index in [0.29, 0.717) is 6.54 Å². The van der Waals surface area contributed by atoms with Crippen LogP contribution < -0.4 is 0 Å². The number of likely N-dealkylation sites (N-methyl/N-ethyl adjacent to an activating group) is 1. The molecule has 0 saturated carbocycles. The van der Waals surface area contributed by atoms with E-state index in [1.807, 2.05) is 36.6 Å². The predicted molar refractivity (Wildman–Crippen MR) is 115 cm³/mol. The predicted octanol–water partition coefficient (Wildman–Crippen LogP) is 5.42. The number of thioether (sulfide) groups is 1. The summed E-state index contributed by atoms with van der Waals surface area (Å²) in [6.45, 7) is 10.3. The number of para-hydroxylation sites is 1. The van der Waals surface area contributed by atoms with Gasteiger partial charge in [-0.1, -0.05) is 42.0 Å². The molecule has 3 rings (SSSR count). The molecular weight excluding hydrogens is 352 g/mol. The highest BCUT2D eigenvalue weighted by molar-refractivity contribution is 7.98. The van der Waals surface area contributed by atoms with Crippen molar-refractivity contribution in [1.29, 1.82) is 0 Å². The summed E-state index contributed by atoms with van der Waals surface area (Å²) in [7, 11) is 0. The largest absolute Gasteiger partial charge is 0.342 e. The van der Waals surface area contributed by atoms with Crippen molar-refractivity contribution in [2.75, 3.05) is 13.1 Å². The second-order valence-electron chi connectivity index (χ2n) is 6.92. The highest BCUT2D eigenvalue weighted by Crippen LogP contribution is 2.33. The molecule has 0 unspecified atom stereocenters. The first-order valence-corrected chi connectivity index (χ1v) is 10.6. The van der Waals surface area contributed by atoms with E-state index >= 15 is 0 Å². The summed E-state index contributed by atoms with van der Waals surface area (Å²) in [5, 5.41) is 1.22. The first-order valence-electron chi connectivity index (χ1n) is 9.58. The maximum absolute atomic E-state index is 12.6. The van der Waals surface area contributed by atoms with Crippen LogP contribution >= 0.6 is 11.8 Å². The molecule has 1 aromatic heterocycles. The van der Waals surface area contributed by atoms with E-state index in [1.165, 1.54) is 27.0 Å². The highest BCUT2D eigenvalue weighted by atomic mass is 32.2. The number of carbonyl (C=O) groups excluding carboxylic acids is 1. The van der Waals surface area contributed by atoms with Crippen molar-refractivity contribution in [3.8, 4) is 0 Å². The number of benzene rings is 2. The number of rotatable bonds is 7. The monoisotopic (exact) mass is 380 g/mol. The third kappa shape index (κ3) is 4.38. The van der Waals surface area contributed by atoms with Crippen LogP contribution in [0, 0.1) is 13.8 Å². The van der Waals surface area contributed by atoms with Gasteiger partial charge in [0.25, 0.3) is 0 Å². The average Bonchev–Trinajstić information content (AvgIpc) is 3.01. The van der Waals surface area contributed by atoms with Gasteiger partial charge in [0.2, 0.25) is 5.91 Å². The van der Waals surface area contributed by atoms with Crippen molar-refractivity contribution in [2.45, 2.75) is 44.9 Å². The second kappa shape index (κ2) is 8.66. The van der Waals surface area contributed by atoms with Crippen molar-refractivity contribution in [3.63, 3.8) is 0 Å². The number of hydrogen-bond donors (Lipinski definition) is 0. The van der Waals surface area contributed by atoms with Gasteiger partial charge in [-0.05, 0) is 44.9 Å². The van der Waals surface area contributed by atoms with Crippen LogP contribution in [-0.4, -0.2) is 28.5 Å². The molecule has 0 atom stereocenters. The van der Waals surface area contributed by atoms with E-state index in [2.05, 4.69) is 61.0 Å². The topological polar surface area (TPSA) is 25.2 Å². The molecule has 27 heavy (non-hydrogen) atoms. The summed E-state index contributed by atoms with van der Waals surface area (Å²) in [6.07, 6.45) is 2.14. The van der Waals surface area contributed by atoms with Crippen molar-refractivity contribution in [2.24, 2.45) is 0 Å². The van der Waals surface area contributed by atoms with Gasteiger partial charge in [-0.15, -0.1) is 11.8 Å². The molecule has 4 heteroatoms. The van der Waals surface area contributed by atoms with Gasteiger partial charge in [0.05, 0.1) is 0 Å². The number of aromatic nitrogens is 1. The number of nitrogens with zero attached hydrogens (tertiary/aromatic N) is 2. The van der Waals surface area contributed by atoms with Crippen LogP contribution in [0.15, 0.2) is 53.6 Å². The lowest BCUT2D eigenvalue weighted by Crippen LogP contribution is -2.33. The molecule has 3 aromatic rings. The third-order valence-electron chi connectivity index (χ3n) is 5.06. The van der Waals surface area contributed by atoms with Crippen LogP contribution in [0.3, 0.4) is 0 Å². The Morgan fingerprint density at radius 3 is 2.56 bits per heavy atom. The van der Waals surface area contributed by atoms with Crippen LogP contribution in [-0.2, 0) is 17.1 Å². The Bertz CT molecular complexity index is 941. The molecule has 1 heterocycles. The summed E-state index contributed by atoms with van der Waals surface area (Å²) in [4.78, 5) is 15.7. The van der Waals surface area contributed by atoms with Crippen molar-refractivity contribution < 1.29 is 4.79 Å². The first kappa shape index (κ1) is 19.6. The molecule has 0 spiro atoms. The average molecular weight is 381 g/mol. The maximum Gasteiger partial charge on any atom is 0.242 e. The molecule has 0 aliphatic rings. The molecule has 2 aromatic carbocycles. The molecule has 0 radical (unpaired) electrons.